The van der Waals surface area contributed by atoms with E-state index in [4.69, 9.17) is 9.47 Å². The van der Waals surface area contributed by atoms with E-state index >= 15 is 0 Å². The zero-order chi connectivity index (χ0) is 18.4. The van der Waals surface area contributed by atoms with Crippen molar-refractivity contribution in [2.75, 3.05) is 20.3 Å². The Bertz CT molecular complexity index is 655. The molecule has 1 fully saturated rings. The molecule has 1 aliphatic rings. The number of carboxylic acids is 1. The first-order chi connectivity index (χ1) is 12.0. The van der Waals surface area contributed by atoms with Gasteiger partial charge in [-0.3, -0.25) is 4.79 Å². The molecule has 25 heavy (non-hydrogen) atoms. The highest BCUT2D eigenvalue weighted by Gasteiger charge is 2.34. The smallest absolute Gasteiger partial charge is 0.326 e. The lowest BCUT2D eigenvalue weighted by molar-refractivity contribution is -0.153. The SMILES string of the molecule is C/C=C/c1ccc(OCC(=O)N2CCC(C)CC2C(=O)O)c(OC)c1. The first-order valence-corrected chi connectivity index (χ1v) is 8.42. The molecule has 2 unspecified atom stereocenters. The van der Waals surface area contributed by atoms with Crippen molar-refractivity contribution in [1.82, 2.24) is 4.90 Å². The van der Waals surface area contributed by atoms with Gasteiger partial charge in [0.05, 0.1) is 7.11 Å². The number of allylic oxidation sites excluding steroid dienone is 1. The number of ether oxygens (including phenoxy) is 2. The average Bonchev–Trinajstić information content (AvgIpc) is 2.60. The van der Waals surface area contributed by atoms with E-state index in [2.05, 4.69) is 0 Å². The highest BCUT2D eigenvalue weighted by molar-refractivity contribution is 5.84. The number of hydrogen-bond donors (Lipinski definition) is 1. The monoisotopic (exact) mass is 347 g/mol. The molecule has 1 amide bonds. The van der Waals surface area contributed by atoms with Crippen molar-refractivity contribution in [3.05, 3.63) is 29.8 Å². The van der Waals surface area contributed by atoms with Crippen LogP contribution >= 0.6 is 0 Å². The minimum Gasteiger partial charge on any atom is -0.493 e. The van der Waals surface area contributed by atoms with Crippen molar-refractivity contribution in [3.8, 4) is 11.5 Å². The Morgan fingerprint density at radius 2 is 2.12 bits per heavy atom. The third kappa shape index (κ3) is 4.75. The van der Waals surface area contributed by atoms with E-state index in [1.54, 1.807) is 6.07 Å². The van der Waals surface area contributed by atoms with Gasteiger partial charge in [0, 0.05) is 6.54 Å². The normalized spacial score (nSPS) is 20.5. The van der Waals surface area contributed by atoms with Gasteiger partial charge < -0.3 is 19.5 Å². The second kappa shape index (κ2) is 8.55. The van der Waals surface area contributed by atoms with Crippen LogP contribution < -0.4 is 9.47 Å². The maximum absolute atomic E-state index is 12.4. The summed E-state index contributed by atoms with van der Waals surface area (Å²) in [7, 11) is 1.54. The van der Waals surface area contributed by atoms with Crippen molar-refractivity contribution >= 4 is 18.0 Å². The molecule has 1 aromatic rings. The average molecular weight is 347 g/mol. The van der Waals surface area contributed by atoms with Crippen LogP contribution in [0.1, 0.15) is 32.3 Å². The molecule has 1 aromatic carbocycles. The van der Waals surface area contributed by atoms with Gasteiger partial charge in [0.1, 0.15) is 6.04 Å². The Kier molecular flexibility index (Phi) is 6.44. The lowest BCUT2D eigenvalue weighted by atomic mass is 9.92. The van der Waals surface area contributed by atoms with Gasteiger partial charge in [-0.25, -0.2) is 4.79 Å². The van der Waals surface area contributed by atoms with Crippen molar-refractivity contribution in [2.45, 2.75) is 32.7 Å². The summed E-state index contributed by atoms with van der Waals surface area (Å²) < 4.78 is 10.9. The fourth-order valence-corrected chi connectivity index (χ4v) is 3.00. The highest BCUT2D eigenvalue weighted by Crippen LogP contribution is 2.29. The Hall–Kier alpha value is -2.50. The molecule has 0 saturated carbocycles. The van der Waals surface area contributed by atoms with Gasteiger partial charge in [0.2, 0.25) is 0 Å². The minimum atomic E-state index is -0.965. The van der Waals surface area contributed by atoms with Crippen LogP contribution in [-0.2, 0) is 9.59 Å². The molecule has 2 atom stereocenters. The summed E-state index contributed by atoms with van der Waals surface area (Å²) in [4.78, 5) is 25.3. The zero-order valence-electron chi connectivity index (χ0n) is 14.9. The van der Waals surface area contributed by atoms with Crippen LogP contribution in [0.4, 0.5) is 0 Å². The first kappa shape index (κ1) is 18.8. The van der Waals surface area contributed by atoms with Gasteiger partial charge in [-0.15, -0.1) is 0 Å². The number of methoxy groups -OCH3 is 1. The van der Waals surface area contributed by atoms with Crippen molar-refractivity contribution in [1.29, 1.82) is 0 Å². The molecule has 136 valence electrons. The summed E-state index contributed by atoms with van der Waals surface area (Å²) >= 11 is 0. The molecule has 0 bridgehead atoms. The molecule has 0 aliphatic carbocycles. The summed E-state index contributed by atoms with van der Waals surface area (Å²) in [5.41, 5.74) is 0.967. The number of carboxylic acid groups (broad SMARTS) is 1. The van der Waals surface area contributed by atoms with Gasteiger partial charge in [-0.2, -0.15) is 0 Å². The number of amides is 1. The third-order valence-electron chi connectivity index (χ3n) is 4.37. The maximum Gasteiger partial charge on any atom is 0.326 e. The van der Waals surface area contributed by atoms with E-state index in [0.29, 0.717) is 30.4 Å². The van der Waals surface area contributed by atoms with Crippen LogP contribution in [0.5, 0.6) is 11.5 Å². The van der Waals surface area contributed by atoms with E-state index in [1.165, 1.54) is 12.0 Å². The Morgan fingerprint density at radius 1 is 1.36 bits per heavy atom. The number of aliphatic carboxylic acids is 1. The van der Waals surface area contributed by atoms with Crippen LogP contribution in [-0.4, -0.2) is 48.2 Å². The van der Waals surface area contributed by atoms with E-state index in [1.807, 2.05) is 38.1 Å². The molecular weight excluding hydrogens is 322 g/mol. The van der Waals surface area contributed by atoms with Crippen molar-refractivity contribution in [3.63, 3.8) is 0 Å². The molecule has 0 radical (unpaired) electrons. The van der Waals surface area contributed by atoms with E-state index in [0.717, 1.165) is 12.0 Å². The molecule has 1 saturated heterocycles. The van der Waals surface area contributed by atoms with Crippen LogP contribution in [0.2, 0.25) is 0 Å². The number of likely N-dealkylation sites (tertiary alicyclic amines) is 1. The number of carbonyl (C=O) groups is 2. The molecule has 6 heteroatoms. The molecule has 0 spiro atoms. The lowest BCUT2D eigenvalue weighted by Crippen LogP contribution is -2.51. The summed E-state index contributed by atoms with van der Waals surface area (Å²) in [6, 6.07) is 4.65. The van der Waals surface area contributed by atoms with E-state index < -0.39 is 12.0 Å². The summed E-state index contributed by atoms with van der Waals surface area (Å²) in [5, 5.41) is 9.36. The number of benzene rings is 1. The number of rotatable bonds is 6. The first-order valence-electron chi connectivity index (χ1n) is 8.42. The van der Waals surface area contributed by atoms with Gasteiger partial charge >= 0.3 is 5.97 Å². The summed E-state index contributed by atoms with van der Waals surface area (Å²) in [6.45, 7) is 4.16. The topological polar surface area (TPSA) is 76.1 Å². The second-order valence-corrected chi connectivity index (χ2v) is 6.27. The number of nitrogens with zero attached hydrogens (tertiary/aromatic N) is 1. The number of hydrogen-bond acceptors (Lipinski definition) is 4. The predicted octanol–water partition coefficient (Wildman–Crippen LogP) is 2.82. The zero-order valence-corrected chi connectivity index (χ0v) is 14.9. The third-order valence-corrected chi connectivity index (χ3v) is 4.37. The summed E-state index contributed by atoms with van der Waals surface area (Å²) in [5.74, 6) is 0.00389. The number of piperidine rings is 1. The largest absolute Gasteiger partial charge is 0.493 e. The molecular formula is C19H25NO5. The molecule has 6 nitrogen and oxygen atoms in total. The fraction of sp³-hybridized carbons (Fsp3) is 0.474. The van der Waals surface area contributed by atoms with Crippen LogP contribution in [0.3, 0.4) is 0 Å². The van der Waals surface area contributed by atoms with E-state index in [-0.39, 0.29) is 12.5 Å². The number of carbonyl (C=O) groups excluding carboxylic acids is 1. The van der Waals surface area contributed by atoms with Crippen molar-refractivity contribution < 1.29 is 24.2 Å². The Balaban J connectivity index is 2.05. The van der Waals surface area contributed by atoms with Crippen LogP contribution in [0.25, 0.3) is 6.08 Å². The quantitative estimate of drug-likeness (QED) is 0.856. The van der Waals surface area contributed by atoms with Crippen LogP contribution in [0.15, 0.2) is 24.3 Å². The summed E-state index contributed by atoms with van der Waals surface area (Å²) in [6.07, 6.45) is 5.13. The van der Waals surface area contributed by atoms with Gasteiger partial charge in [0.15, 0.2) is 18.1 Å². The fourth-order valence-electron chi connectivity index (χ4n) is 3.00. The predicted molar refractivity (Wildman–Crippen MR) is 94.7 cm³/mol. The van der Waals surface area contributed by atoms with Gasteiger partial charge in [-0.1, -0.05) is 25.1 Å². The van der Waals surface area contributed by atoms with Crippen LogP contribution in [0, 0.1) is 5.92 Å². The van der Waals surface area contributed by atoms with Gasteiger partial charge in [0.25, 0.3) is 5.91 Å². The Morgan fingerprint density at radius 3 is 2.76 bits per heavy atom. The molecule has 1 heterocycles. The van der Waals surface area contributed by atoms with E-state index in [9.17, 15) is 14.7 Å². The standard InChI is InChI=1S/C19H25NO5/c1-4-5-14-6-7-16(17(11-14)24-3)25-12-18(21)20-9-8-13(2)10-15(20)19(22)23/h4-7,11,13,15H,8-10,12H2,1-3H3,(H,22,23)/b5-4+. The molecule has 0 aromatic heterocycles. The second-order valence-electron chi connectivity index (χ2n) is 6.27. The highest BCUT2D eigenvalue weighted by atomic mass is 16.5. The molecule has 1 aliphatic heterocycles. The minimum absolute atomic E-state index is 0.211. The molecule has 1 N–H and O–H groups in total. The lowest BCUT2D eigenvalue weighted by Gasteiger charge is -2.35. The van der Waals surface area contributed by atoms with Crippen molar-refractivity contribution in [2.24, 2.45) is 5.92 Å². The maximum atomic E-state index is 12.4. The van der Waals surface area contributed by atoms with Gasteiger partial charge in [-0.05, 0) is 43.4 Å². The molecule has 2 rings (SSSR count). The Labute approximate surface area is 148 Å².